The highest BCUT2D eigenvalue weighted by Crippen LogP contribution is 2.18. The summed E-state index contributed by atoms with van der Waals surface area (Å²) in [6.07, 6.45) is 5.62. The minimum absolute atomic E-state index is 0.0683. The first-order chi connectivity index (χ1) is 12.3. The van der Waals surface area contributed by atoms with Gasteiger partial charge in [0, 0.05) is 58.5 Å². The molecule has 0 radical (unpaired) electrons. The smallest absolute Gasteiger partial charge is 0.267 e. The van der Waals surface area contributed by atoms with E-state index in [0.29, 0.717) is 6.54 Å². The zero-order valence-electron chi connectivity index (χ0n) is 15.2. The minimum atomic E-state index is 0.0683. The number of hydrogen-bond acceptors (Lipinski definition) is 5. The molecule has 6 nitrogen and oxygen atoms in total. The number of piperazine rings is 1. The Balaban J connectivity index is 1.23. The molecule has 6 heteroatoms. The van der Waals surface area contributed by atoms with Gasteiger partial charge in [-0.25, -0.2) is 4.68 Å². The van der Waals surface area contributed by atoms with E-state index in [2.05, 4.69) is 14.9 Å². The van der Waals surface area contributed by atoms with E-state index < -0.39 is 0 Å². The monoisotopic (exact) mass is 346 g/mol. The number of nitrogens with zero attached hydrogens (tertiary/aromatic N) is 4. The maximum absolute atomic E-state index is 12.2. The van der Waals surface area contributed by atoms with E-state index in [0.717, 1.165) is 76.8 Å². The standard InChI is InChI=1S/C19H30N4O2/c24-19-14-17-2-1-3-18(17)20-23(19)11-10-21-6-8-22(9-7-21)15-16-4-12-25-13-5-16/h14,16H,1-13,15H2. The highest BCUT2D eigenvalue weighted by atomic mass is 16.5. The molecule has 1 aromatic rings. The van der Waals surface area contributed by atoms with Gasteiger partial charge in [0.1, 0.15) is 0 Å². The third-order valence-corrected chi connectivity index (χ3v) is 5.97. The lowest BCUT2D eigenvalue weighted by Crippen LogP contribution is -2.49. The molecular formula is C19H30N4O2. The van der Waals surface area contributed by atoms with Gasteiger partial charge in [0.25, 0.3) is 5.56 Å². The third-order valence-electron chi connectivity index (χ3n) is 5.97. The number of aromatic nitrogens is 2. The van der Waals surface area contributed by atoms with Gasteiger partial charge in [-0.05, 0) is 43.6 Å². The van der Waals surface area contributed by atoms with Crippen LogP contribution >= 0.6 is 0 Å². The lowest BCUT2D eigenvalue weighted by Gasteiger charge is -2.37. The van der Waals surface area contributed by atoms with Crippen LogP contribution in [0.3, 0.4) is 0 Å². The van der Waals surface area contributed by atoms with Gasteiger partial charge in [-0.15, -0.1) is 0 Å². The van der Waals surface area contributed by atoms with Gasteiger partial charge in [0.15, 0.2) is 0 Å². The van der Waals surface area contributed by atoms with Crippen LogP contribution < -0.4 is 5.56 Å². The maximum atomic E-state index is 12.2. The summed E-state index contributed by atoms with van der Waals surface area (Å²) in [7, 11) is 0. The van der Waals surface area contributed by atoms with Crippen molar-refractivity contribution in [3.05, 3.63) is 27.7 Å². The lowest BCUT2D eigenvalue weighted by molar-refractivity contribution is 0.0418. The van der Waals surface area contributed by atoms with Gasteiger partial charge in [-0.1, -0.05) is 0 Å². The van der Waals surface area contributed by atoms with Gasteiger partial charge in [0.05, 0.1) is 12.2 Å². The summed E-state index contributed by atoms with van der Waals surface area (Å²) in [5, 5.41) is 4.58. The van der Waals surface area contributed by atoms with Gasteiger partial charge in [-0.3, -0.25) is 9.69 Å². The highest BCUT2D eigenvalue weighted by Gasteiger charge is 2.22. The summed E-state index contributed by atoms with van der Waals surface area (Å²) in [4.78, 5) is 17.3. The lowest BCUT2D eigenvalue weighted by atomic mass is 9.99. The molecule has 0 unspecified atom stereocenters. The molecule has 25 heavy (non-hydrogen) atoms. The van der Waals surface area contributed by atoms with Gasteiger partial charge >= 0.3 is 0 Å². The van der Waals surface area contributed by atoms with Crippen molar-refractivity contribution in [2.24, 2.45) is 5.92 Å². The average Bonchev–Trinajstić information content (AvgIpc) is 3.09. The molecule has 138 valence electrons. The predicted octanol–water partition coefficient (Wildman–Crippen LogP) is 0.776. The molecule has 2 saturated heterocycles. The van der Waals surface area contributed by atoms with E-state index in [4.69, 9.17) is 4.74 Å². The SMILES string of the molecule is O=c1cc2c(nn1CCN1CCN(CC3CCOCC3)CC1)CCC2. The normalized spacial score (nSPS) is 23.0. The van der Waals surface area contributed by atoms with Crippen LogP contribution in [-0.2, 0) is 24.1 Å². The first kappa shape index (κ1) is 17.2. The number of hydrogen-bond donors (Lipinski definition) is 0. The fourth-order valence-electron chi connectivity index (χ4n) is 4.33. The molecule has 3 heterocycles. The molecule has 0 bridgehead atoms. The molecule has 0 N–H and O–H groups in total. The second kappa shape index (κ2) is 7.98. The fourth-order valence-corrected chi connectivity index (χ4v) is 4.33. The molecule has 2 fully saturated rings. The second-order valence-electron chi connectivity index (χ2n) is 7.73. The minimum Gasteiger partial charge on any atom is -0.381 e. The Hall–Kier alpha value is -1.24. The first-order valence-corrected chi connectivity index (χ1v) is 9.90. The van der Waals surface area contributed by atoms with Crippen LogP contribution in [0, 0.1) is 5.92 Å². The van der Waals surface area contributed by atoms with E-state index in [-0.39, 0.29) is 5.56 Å². The maximum Gasteiger partial charge on any atom is 0.267 e. The quantitative estimate of drug-likeness (QED) is 0.788. The van der Waals surface area contributed by atoms with Crippen molar-refractivity contribution in [1.29, 1.82) is 0 Å². The number of rotatable bonds is 5. The zero-order chi connectivity index (χ0) is 17.1. The van der Waals surface area contributed by atoms with Crippen LogP contribution in [0.5, 0.6) is 0 Å². The molecule has 0 saturated carbocycles. The van der Waals surface area contributed by atoms with E-state index in [9.17, 15) is 4.79 Å². The van der Waals surface area contributed by atoms with Crippen LogP contribution in [0.2, 0.25) is 0 Å². The topological polar surface area (TPSA) is 50.6 Å². The molecule has 3 aliphatic rings. The summed E-state index contributed by atoms with van der Waals surface area (Å²) in [6.45, 7) is 9.23. The molecular weight excluding hydrogens is 316 g/mol. The molecule has 0 aromatic carbocycles. The number of fused-ring (bicyclic) bond motifs is 1. The summed E-state index contributed by atoms with van der Waals surface area (Å²) in [5.41, 5.74) is 2.38. The molecule has 1 aromatic heterocycles. The highest BCUT2D eigenvalue weighted by molar-refractivity contribution is 5.22. The Kier molecular flexibility index (Phi) is 5.48. The van der Waals surface area contributed by atoms with Crippen molar-refractivity contribution in [3.63, 3.8) is 0 Å². The van der Waals surface area contributed by atoms with Gasteiger partial charge < -0.3 is 9.64 Å². The van der Waals surface area contributed by atoms with Crippen molar-refractivity contribution in [3.8, 4) is 0 Å². The largest absolute Gasteiger partial charge is 0.381 e. The average molecular weight is 346 g/mol. The molecule has 0 spiro atoms. The van der Waals surface area contributed by atoms with E-state index >= 15 is 0 Å². The summed E-state index contributed by atoms with van der Waals surface area (Å²) < 4.78 is 7.14. The summed E-state index contributed by atoms with van der Waals surface area (Å²) in [6, 6.07) is 1.81. The van der Waals surface area contributed by atoms with E-state index in [1.165, 1.54) is 24.9 Å². The van der Waals surface area contributed by atoms with E-state index in [1.54, 1.807) is 10.7 Å². The molecule has 0 amide bonds. The van der Waals surface area contributed by atoms with Crippen LogP contribution in [0.1, 0.15) is 30.5 Å². The Morgan fingerprint density at radius 3 is 2.60 bits per heavy atom. The van der Waals surface area contributed by atoms with Crippen molar-refractivity contribution in [2.75, 3.05) is 52.5 Å². The van der Waals surface area contributed by atoms with Crippen molar-refractivity contribution >= 4 is 0 Å². The van der Waals surface area contributed by atoms with Crippen molar-refractivity contribution < 1.29 is 4.74 Å². The van der Waals surface area contributed by atoms with Crippen molar-refractivity contribution in [2.45, 2.75) is 38.6 Å². The van der Waals surface area contributed by atoms with Crippen LogP contribution in [0.25, 0.3) is 0 Å². The Labute approximate surface area is 149 Å². The first-order valence-electron chi connectivity index (χ1n) is 9.90. The summed E-state index contributed by atoms with van der Waals surface area (Å²) in [5.74, 6) is 0.814. The van der Waals surface area contributed by atoms with Gasteiger partial charge in [-0.2, -0.15) is 5.10 Å². The number of aryl methyl sites for hydroxylation is 2. The Morgan fingerprint density at radius 2 is 1.80 bits per heavy atom. The number of ether oxygens (including phenoxy) is 1. The summed E-state index contributed by atoms with van der Waals surface area (Å²) >= 11 is 0. The molecule has 4 rings (SSSR count). The second-order valence-corrected chi connectivity index (χ2v) is 7.73. The Morgan fingerprint density at radius 1 is 1.04 bits per heavy atom. The molecule has 1 aliphatic carbocycles. The third kappa shape index (κ3) is 4.30. The zero-order valence-corrected chi connectivity index (χ0v) is 15.2. The van der Waals surface area contributed by atoms with Crippen LogP contribution in [0.4, 0.5) is 0 Å². The van der Waals surface area contributed by atoms with Crippen molar-refractivity contribution in [1.82, 2.24) is 19.6 Å². The van der Waals surface area contributed by atoms with Crippen LogP contribution in [-0.4, -0.2) is 72.1 Å². The van der Waals surface area contributed by atoms with E-state index in [1.807, 2.05) is 0 Å². The van der Waals surface area contributed by atoms with Crippen LogP contribution in [0.15, 0.2) is 10.9 Å². The van der Waals surface area contributed by atoms with Gasteiger partial charge in [0.2, 0.25) is 0 Å². The molecule has 0 atom stereocenters. The Bertz CT molecular complexity index is 631. The molecule has 2 aliphatic heterocycles. The predicted molar refractivity (Wildman–Crippen MR) is 96.9 cm³/mol. The fraction of sp³-hybridized carbons (Fsp3) is 0.789.